The minimum atomic E-state index is -0.203. The van der Waals surface area contributed by atoms with Crippen LogP contribution in [0, 0.1) is 5.92 Å². The van der Waals surface area contributed by atoms with Gasteiger partial charge in [-0.25, -0.2) is 4.98 Å². The summed E-state index contributed by atoms with van der Waals surface area (Å²) in [5, 5.41) is 2.89. The highest BCUT2D eigenvalue weighted by Gasteiger charge is 2.32. The molecule has 1 aliphatic heterocycles. The Morgan fingerprint density at radius 2 is 2.08 bits per heavy atom. The van der Waals surface area contributed by atoms with E-state index in [4.69, 9.17) is 0 Å². The Hall–Kier alpha value is -1.89. The summed E-state index contributed by atoms with van der Waals surface area (Å²) in [6.45, 7) is 9.81. The Labute approximate surface area is 143 Å². The molecule has 132 valence electrons. The Kier molecular flexibility index (Phi) is 5.18. The standard InChI is InChI=1S/C17H27N5O2/c1-3-20(4-2)8-7-18-16(23)14-12-21-9-10-22(11-13-5-6-13)17(24)15(21)19-14/h12-13H,3-11H2,1-2H3,(H,18,23). The monoisotopic (exact) mass is 333 g/mol. The van der Waals surface area contributed by atoms with Crippen LogP contribution in [-0.4, -0.2) is 70.4 Å². The van der Waals surface area contributed by atoms with Crippen LogP contribution in [0.15, 0.2) is 6.20 Å². The number of hydrogen-bond acceptors (Lipinski definition) is 4. The van der Waals surface area contributed by atoms with Crippen molar-refractivity contribution in [2.75, 3.05) is 39.3 Å². The summed E-state index contributed by atoms with van der Waals surface area (Å²) in [6, 6.07) is 0. The van der Waals surface area contributed by atoms with Crippen molar-refractivity contribution in [2.24, 2.45) is 5.92 Å². The molecule has 0 spiro atoms. The fourth-order valence-corrected chi connectivity index (χ4v) is 3.08. The first-order valence-electron chi connectivity index (χ1n) is 8.99. The number of hydrogen-bond donors (Lipinski definition) is 1. The molecule has 7 nitrogen and oxygen atoms in total. The molecule has 1 aliphatic carbocycles. The number of fused-ring (bicyclic) bond motifs is 1. The van der Waals surface area contributed by atoms with E-state index in [1.165, 1.54) is 12.8 Å². The number of nitrogens with zero attached hydrogens (tertiary/aromatic N) is 4. The van der Waals surface area contributed by atoms with Crippen molar-refractivity contribution in [3.8, 4) is 0 Å². The van der Waals surface area contributed by atoms with E-state index in [2.05, 4.69) is 29.0 Å². The van der Waals surface area contributed by atoms with Crippen LogP contribution in [-0.2, 0) is 6.54 Å². The third kappa shape index (κ3) is 3.77. The van der Waals surface area contributed by atoms with E-state index in [1.807, 2.05) is 9.47 Å². The van der Waals surface area contributed by atoms with Gasteiger partial charge < -0.3 is 19.7 Å². The maximum atomic E-state index is 12.5. The quantitative estimate of drug-likeness (QED) is 0.765. The number of likely N-dealkylation sites (N-methyl/N-ethyl adjacent to an activating group) is 1. The van der Waals surface area contributed by atoms with Crippen molar-refractivity contribution in [3.05, 3.63) is 17.7 Å². The molecule has 24 heavy (non-hydrogen) atoms. The normalized spacial score (nSPS) is 17.3. The number of carbonyl (C=O) groups is 2. The molecular formula is C17H27N5O2. The van der Waals surface area contributed by atoms with Crippen molar-refractivity contribution in [1.29, 1.82) is 0 Å². The summed E-state index contributed by atoms with van der Waals surface area (Å²) in [6.07, 6.45) is 4.14. The maximum Gasteiger partial charge on any atom is 0.289 e. The predicted octanol–water partition coefficient (Wildman–Crippen LogP) is 0.820. The zero-order valence-electron chi connectivity index (χ0n) is 14.6. The van der Waals surface area contributed by atoms with E-state index in [0.717, 1.165) is 26.2 Å². The Bertz CT molecular complexity index is 604. The van der Waals surface area contributed by atoms with Crippen molar-refractivity contribution in [1.82, 2.24) is 24.7 Å². The minimum Gasteiger partial charge on any atom is -0.349 e. The molecule has 1 fully saturated rings. The van der Waals surface area contributed by atoms with Crippen LogP contribution in [0.25, 0.3) is 0 Å². The smallest absolute Gasteiger partial charge is 0.289 e. The van der Waals surface area contributed by atoms with Gasteiger partial charge in [0, 0.05) is 38.9 Å². The molecule has 1 aromatic heterocycles. The second kappa shape index (κ2) is 7.34. The summed E-state index contributed by atoms with van der Waals surface area (Å²) in [5.41, 5.74) is 0.339. The second-order valence-electron chi connectivity index (χ2n) is 6.62. The molecule has 2 amide bonds. The van der Waals surface area contributed by atoms with Crippen molar-refractivity contribution in [3.63, 3.8) is 0 Å². The van der Waals surface area contributed by atoms with Crippen LogP contribution in [0.5, 0.6) is 0 Å². The molecule has 2 aliphatic rings. The van der Waals surface area contributed by atoms with Crippen LogP contribution < -0.4 is 5.32 Å². The van der Waals surface area contributed by atoms with Gasteiger partial charge in [0.1, 0.15) is 5.69 Å². The van der Waals surface area contributed by atoms with E-state index in [-0.39, 0.29) is 11.8 Å². The largest absolute Gasteiger partial charge is 0.349 e. The number of aromatic nitrogens is 2. The lowest BCUT2D eigenvalue weighted by atomic mass is 10.3. The SMILES string of the molecule is CCN(CC)CCNC(=O)c1cn2c(n1)C(=O)N(CC1CC1)CC2. The zero-order chi connectivity index (χ0) is 17.1. The van der Waals surface area contributed by atoms with Crippen molar-refractivity contribution >= 4 is 11.8 Å². The van der Waals surface area contributed by atoms with Gasteiger partial charge in [0.25, 0.3) is 11.8 Å². The van der Waals surface area contributed by atoms with Gasteiger partial charge in [-0.05, 0) is 31.8 Å². The topological polar surface area (TPSA) is 70.5 Å². The maximum absolute atomic E-state index is 12.5. The highest BCUT2D eigenvalue weighted by atomic mass is 16.2. The first kappa shape index (κ1) is 17.0. The lowest BCUT2D eigenvalue weighted by Gasteiger charge is -2.27. The average Bonchev–Trinajstić information content (AvgIpc) is 3.29. The number of amides is 2. The molecule has 0 bridgehead atoms. The lowest BCUT2D eigenvalue weighted by molar-refractivity contribution is 0.0688. The third-order valence-electron chi connectivity index (χ3n) is 4.88. The van der Waals surface area contributed by atoms with Gasteiger partial charge in [-0.1, -0.05) is 13.8 Å². The first-order chi connectivity index (χ1) is 11.6. The molecule has 2 heterocycles. The fraction of sp³-hybridized carbons (Fsp3) is 0.706. The summed E-state index contributed by atoms with van der Waals surface area (Å²) in [5.74, 6) is 0.815. The van der Waals surface area contributed by atoms with E-state index in [9.17, 15) is 9.59 Å². The van der Waals surface area contributed by atoms with Gasteiger partial charge >= 0.3 is 0 Å². The Morgan fingerprint density at radius 3 is 2.75 bits per heavy atom. The second-order valence-corrected chi connectivity index (χ2v) is 6.62. The first-order valence-corrected chi connectivity index (χ1v) is 8.99. The van der Waals surface area contributed by atoms with Gasteiger partial charge in [-0.2, -0.15) is 0 Å². The van der Waals surface area contributed by atoms with Crippen LogP contribution in [0.3, 0.4) is 0 Å². The van der Waals surface area contributed by atoms with Gasteiger partial charge in [-0.3, -0.25) is 9.59 Å². The van der Waals surface area contributed by atoms with Crippen LogP contribution in [0.4, 0.5) is 0 Å². The highest BCUT2D eigenvalue weighted by Crippen LogP contribution is 2.30. The van der Waals surface area contributed by atoms with E-state index < -0.39 is 0 Å². The van der Waals surface area contributed by atoms with Gasteiger partial charge in [0.2, 0.25) is 0 Å². The van der Waals surface area contributed by atoms with Crippen molar-refractivity contribution < 1.29 is 9.59 Å². The molecule has 0 aromatic carbocycles. The molecule has 1 N–H and O–H groups in total. The molecule has 0 saturated heterocycles. The third-order valence-corrected chi connectivity index (χ3v) is 4.88. The highest BCUT2D eigenvalue weighted by molar-refractivity contribution is 5.96. The molecular weight excluding hydrogens is 306 g/mol. The molecule has 1 aromatic rings. The number of nitrogens with one attached hydrogen (secondary N) is 1. The number of carbonyl (C=O) groups excluding carboxylic acids is 2. The van der Waals surface area contributed by atoms with Gasteiger partial charge in [0.05, 0.1) is 0 Å². The van der Waals surface area contributed by atoms with Crippen molar-refractivity contribution in [2.45, 2.75) is 33.2 Å². The summed E-state index contributed by atoms with van der Waals surface area (Å²) < 4.78 is 1.81. The number of imidazole rings is 1. The fourth-order valence-electron chi connectivity index (χ4n) is 3.08. The summed E-state index contributed by atoms with van der Waals surface area (Å²) in [7, 11) is 0. The molecule has 0 unspecified atom stereocenters. The minimum absolute atomic E-state index is 0.0460. The lowest BCUT2D eigenvalue weighted by Crippen LogP contribution is -2.41. The van der Waals surface area contributed by atoms with Gasteiger partial charge in [-0.15, -0.1) is 0 Å². The van der Waals surface area contributed by atoms with Crippen LogP contribution in [0.2, 0.25) is 0 Å². The molecule has 7 heteroatoms. The average molecular weight is 333 g/mol. The summed E-state index contributed by atoms with van der Waals surface area (Å²) in [4.78, 5) is 33.2. The zero-order valence-corrected chi connectivity index (χ0v) is 14.6. The molecule has 0 radical (unpaired) electrons. The van der Waals surface area contributed by atoms with E-state index >= 15 is 0 Å². The van der Waals surface area contributed by atoms with Crippen LogP contribution in [0.1, 0.15) is 47.8 Å². The summed E-state index contributed by atoms with van der Waals surface area (Å²) >= 11 is 0. The molecule has 3 rings (SSSR count). The van der Waals surface area contributed by atoms with E-state index in [0.29, 0.717) is 37.1 Å². The Balaban J connectivity index is 1.58. The molecule has 0 atom stereocenters. The van der Waals surface area contributed by atoms with E-state index in [1.54, 1.807) is 6.20 Å². The number of rotatable bonds is 8. The predicted molar refractivity (Wildman–Crippen MR) is 91.0 cm³/mol. The van der Waals surface area contributed by atoms with Gasteiger partial charge in [0.15, 0.2) is 5.82 Å². The molecule has 1 saturated carbocycles. The Morgan fingerprint density at radius 1 is 1.33 bits per heavy atom. The van der Waals surface area contributed by atoms with Crippen LogP contribution >= 0.6 is 0 Å².